The third-order valence-corrected chi connectivity index (χ3v) is 10.3. The van der Waals surface area contributed by atoms with E-state index in [1.165, 1.54) is 0 Å². The van der Waals surface area contributed by atoms with Gasteiger partial charge in [-0.3, -0.25) is 0 Å². The van der Waals surface area contributed by atoms with Crippen molar-refractivity contribution in [3.63, 3.8) is 0 Å². The Bertz CT molecular complexity index is 1910. The fourth-order valence-corrected chi connectivity index (χ4v) is 7.78. The van der Waals surface area contributed by atoms with E-state index in [4.69, 9.17) is 28.4 Å². The Morgan fingerprint density at radius 1 is 0.263 bits per heavy atom. The van der Waals surface area contributed by atoms with Crippen LogP contribution in [0.3, 0.4) is 0 Å². The van der Waals surface area contributed by atoms with E-state index in [0.717, 1.165) is 101 Å². The summed E-state index contributed by atoms with van der Waals surface area (Å²) in [6.07, 6.45) is 1.90. The molecule has 1 aliphatic carbocycles. The van der Waals surface area contributed by atoms with E-state index in [1.807, 2.05) is 41.5 Å². The summed E-state index contributed by atoms with van der Waals surface area (Å²) in [5, 5.41) is 0. The standard InChI is InChI=1S/C51H54O6/c1-7-52-46-19-13-34-25-40(46)31-41-26-36(15-20-47(41)53-8-2)37-16-22-49(55-10-4)43(28-37)33-45-30-39(18-24-51(45)57-12-6)38-17-23-50(56-11-5)44(29-38)32-42-27-35(34)14-21-48(42)54-9-3/h13-30H,7-12,31-33H2,1-6H3. The van der Waals surface area contributed by atoms with Crippen LogP contribution in [0.1, 0.15) is 74.9 Å². The number of hydrogen-bond donors (Lipinski definition) is 0. The zero-order chi connectivity index (χ0) is 39.7. The highest BCUT2D eigenvalue weighted by atomic mass is 16.5. The summed E-state index contributed by atoms with van der Waals surface area (Å²) in [5.74, 6) is 5.21. The fraction of sp³-hybridized carbons (Fsp3) is 0.294. The first-order valence-corrected chi connectivity index (χ1v) is 20.5. The molecule has 0 aliphatic heterocycles. The van der Waals surface area contributed by atoms with Crippen LogP contribution in [-0.4, -0.2) is 39.6 Å². The van der Waals surface area contributed by atoms with Crippen molar-refractivity contribution >= 4 is 0 Å². The van der Waals surface area contributed by atoms with Crippen LogP contribution in [0.5, 0.6) is 34.5 Å². The van der Waals surface area contributed by atoms with E-state index in [1.54, 1.807) is 0 Å². The highest BCUT2D eigenvalue weighted by Crippen LogP contribution is 2.39. The molecule has 0 fully saturated rings. The summed E-state index contributed by atoms with van der Waals surface area (Å²) in [6, 6.07) is 39.1. The first-order chi connectivity index (χ1) is 27.9. The normalized spacial score (nSPS) is 11.9. The third-order valence-electron chi connectivity index (χ3n) is 10.3. The van der Waals surface area contributed by atoms with Crippen molar-refractivity contribution in [2.45, 2.75) is 60.8 Å². The molecule has 0 heterocycles. The first kappa shape index (κ1) is 39.4. The lowest BCUT2D eigenvalue weighted by Crippen LogP contribution is -2.03. The summed E-state index contributed by atoms with van der Waals surface area (Å²) < 4.78 is 37.5. The van der Waals surface area contributed by atoms with E-state index in [2.05, 4.69) is 109 Å². The number of rotatable bonds is 12. The maximum Gasteiger partial charge on any atom is 0.122 e. The topological polar surface area (TPSA) is 55.4 Å². The van der Waals surface area contributed by atoms with E-state index >= 15 is 0 Å². The van der Waals surface area contributed by atoms with E-state index in [9.17, 15) is 0 Å². The molecule has 6 nitrogen and oxygen atoms in total. The van der Waals surface area contributed by atoms with Gasteiger partial charge in [-0.25, -0.2) is 0 Å². The van der Waals surface area contributed by atoms with Gasteiger partial charge in [-0.1, -0.05) is 36.4 Å². The molecule has 0 unspecified atom stereocenters. The summed E-state index contributed by atoms with van der Waals surface area (Å²) in [7, 11) is 0. The van der Waals surface area contributed by atoms with Gasteiger partial charge in [0.2, 0.25) is 0 Å². The van der Waals surface area contributed by atoms with Crippen molar-refractivity contribution < 1.29 is 28.4 Å². The maximum absolute atomic E-state index is 6.25. The Kier molecular flexibility index (Phi) is 12.7. The van der Waals surface area contributed by atoms with Gasteiger partial charge in [0.25, 0.3) is 0 Å². The zero-order valence-corrected chi connectivity index (χ0v) is 34.2. The lowest BCUT2D eigenvalue weighted by molar-refractivity contribution is 0.333. The Morgan fingerprint density at radius 2 is 0.421 bits per heavy atom. The van der Waals surface area contributed by atoms with Gasteiger partial charge in [-0.15, -0.1) is 0 Å². The van der Waals surface area contributed by atoms with Crippen molar-refractivity contribution in [2.75, 3.05) is 39.6 Å². The van der Waals surface area contributed by atoms with E-state index in [-0.39, 0.29) is 0 Å². The van der Waals surface area contributed by atoms with Crippen LogP contribution in [0.2, 0.25) is 0 Å². The molecular weight excluding hydrogens is 709 g/mol. The van der Waals surface area contributed by atoms with E-state index < -0.39 is 0 Å². The Morgan fingerprint density at radius 3 is 0.561 bits per heavy atom. The highest BCUT2D eigenvalue weighted by molar-refractivity contribution is 5.72. The summed E-state index contributed by atoms with van der Waals surface area (Å²) in [4.78, 5) is 0. The molecule has 0 spiro atoms. The van der Waals surface area contributed by atoms with Crippen LogP contribution < -0.4 is 28.4 Å². The lowest BCUT2D eigenvalue weighted by Gasteiger charge is -2.18. The molecule has 0 aromatic heterocycles. The highest BCUT2D eigenvalue weighted by Gasteiger charge is 2.18. The Labute approximate surface area is 338 Å². The third kappa shape index (κ3) is 8.91. The molecular formula is C51H54O6. The molecule has 0 atom stereocenters. The number of fused-ring (bicyclic) bond motifs is 15. The molecule has 6 aromatic carbocycles. The number of ether oxygens (including phenoxy) is 6. The maximum atomic E-state index is 6.25. The van der Waals surface area contributed by atoms with Crippen LogP contribution >= 0.6 is 0 Å². The van der Waals surface area contributed by atoms with Crippen LogP contribution in [0, 0.1) is 0 Å². The molecule has 57 heavy (non-hydrogen) atoms. The molecule has 0 radical (unpaired) electrons. The van der Waals surface area contributed by atoms with Crippen LogP contribution in [-0.2, 0) is 19.3 Å². The van der Waals surface area contributed by atoms with Gasteiger partial charge in [-0.05, 0) is 181 Å². The molecule has 0 saturated carbocycles. The van der Waals surface area contributed by atoms with Gasteiger partial charge < -0.3 is 28.4 Å². The summed E-state index contributed by atoms with van der Waals surface area (Å²) >= 11 is 0. The fourth-order valence-electron chi connectivity index (χ4n) is 7.78. The smallest absolute Gasteiger partial charge is 0.122 e. The van der Waals surface area contributed by atoms with Gasteiger partial charge in [0.15, 0.2) is 0 Å². The van der Waals surface area contributed by atoms with Gasteiger partial charge in [0.1, 0.15) is 34.5 Å². The number of hydrogen-bond acceptors (Lipinski definition) is 6. The second kappa shape index (κ2) is 18.4. The quantitative estimate of drug-likeness (QED) is 0.124. The SMILES string of the molecule is CCOc1ccc2cc1Cc1cc(ccc1OCC)-c1ccc(OCC)c(c1)Cc1cc(ccc1OCC)-c1ccc(OCC)c(c1)Cc1cc-2ccc1OCC. The summed E-state index contributed by atoms with van der Waals surface area (Å²) in [6.45, 7) is 15.6. The minimum atomic E-state index is 0.571. The van der Waals surface area contributed by atoms with Crippen LogP contribution in [0.15, 0.2) is 109 Å². The molecule has 1 aliphatic rings. The predicted molar refractivity (Wildman–Crippen MR) is 231 cm³/mol. The van der Waals surface area contributed by atoms with Gasteiger partial charge in [-0.2, -0.15) is 0 Å². The van der Waals surface area contributed by atoms with Crippen molar-refractivity contribution in [1.29, 1.82) is 0 Å². The summed E-state index contributed by atoms with van der Waals surface area (Å²) in [5.41, 5.74) is 13.2. The van der Waals surface area contributed by atoms with Crippen molar-refractivity contribution in [2.24, 2.45) is 0 Å². The van der Waals surface area contributed by atoms with E-state index in [0.29, 0.717) is 58.9 Å². The molecule has 6 heteroatoms. The molecule has 0 N–H and O–H groups in total. The molecule has 0 amide bonds. The minimum Gasteiger partial charge on any atom is -0.494 e. The van der Waals surface area contributed by atoms with Gasteiger partial charge in [0, 0.05) is 19.3 Å². The van der Waals surface area contributed by atoms with Crippen molar-refractivity contribution in [3.8, 4) is 67.9 Å². The van der Waals surface area contributed by atoms with Crippen LogP contribution in [0.4, 0.5) is 0 Å². The second-order valence-electron chi connectivity index (χ2n) is 14.1. The largest absolute Gasteiger partial charge is 0.494 e. The molecule has 7 rings (SSSR count). The van der Waals surface area contributed by atoms with Crippen molar-refractivity contribution in [3.05, 3.63) is 143 Å². The monoisotopic (exact) mass is 762 g/mol. The van der Waals surface area contributed by atoms with Crippen molar-refractivity contribution in [1.82, 2.24) is 0 Å². The predicted octanol–water partition coefficient (Wildman–Crippen LogP) is 12.2. The molecule has 6 aromatic rings. The van der Waals surface area contributed by atoms with Crippen LogP contribution in [0.25, 0.3) is 33.4 Å². The minimum absolute atomic E-state index is 0.571. The molecule has 294 valence electrons. The Hall–Kier alpha value is -5.88. The Balaban J connectivity index is 1.48. The number of benzene rings is 6. The van der Waals surface area contributed by atoms with Gasteiger partial charge in [0.05, 0.1) is 39.6 Å². The first-order valence-electron chi connectivity index (χ1n) is 20.5. The zero-order valence-electron chi connectivity index (χ0n) is 34.2. The van der Waals surface area contributed by atoms with Gasteiger partial charge >= 0.3 is 0 Å². The molecule has 12 bridgehead atoms. The second-order valence-corrected chi connectivity index (χ2v) is 14.1. The molecule has 0 saturated heterocycles. The average Bonchev–Trinajstić information content (AvgIpc) is 3.22. The average molecular weight is 763 g/mol. The lowest BCUT2D eigenvalue weighted by atomic mass is 9.93.